The Morgan fingerprint density at radius 3 is 2.08 bits per heavy atom. The van der Waals surface area contributed by atoms with E-state index in [0.717, 1.165) is 6.54 Å². The van der Waals surface area contributed by atoms with Gasteiger partial charge < -0.3 is 25.0 Å². The lowest BCUT2D eigenvalue weighted by molar-refractivity contribution is -0.141. The number of rotatable bonds is 8. The van der Waals surface area contributed by atoms with Gasteiger partial charge in [0, 0.05) is 31.1 Å². The highest BCUT2D eigenvalue weighted by atomic mass is 19.4. The van der Waals surface area contributed by atoms with Gasteiger partial charge in [0.1, 0.15) is 0 Å². The number of anilines is 1. The Morgan fingerprint density at radius 1 is 0.878 bits per heavy atom. The lowest BCUT2D eigenvalue weighted by atomic mass is 10.0. The van der Waals surface area contributed by atoms with Crippen LogP contribution in [0.2, 0.25) is 0 Å². The second-order valence-electron chi connectivity index (χ2n) is 12.0. The zero-order chi connectivity index (χ0) is 35.8. The molecule has 2 amide bonds. The molecule has 0 aromatic heterocycles. The summed E-state index contributed by atoms with van der Waals surface area (Å²) in [6.07, 6.45) is -4.71. The summed E-state index contributed by atoms with van der Waals surface area (Å²) < 4.78 is 73.1. The van der Waals surface area contributed by atoms with E-state index in [-0.39, 0.29) is 42.7 Å². The second-order valence-corrected chi connectivity index (χ2v) is 12.0. The molecule has 12 heteroatoms. The summed E-state index contributed by atoms with van der Waals surface area (Å²) in [6.45, 7) is 3.00. The van der Waals surface area contributed by atoms with Crippen LogP contribution >= 0.6 is 0 Å². The normalized spacial score (nSPS) is 14.9. The third-order valence-corrected chi connectivity index (χ3v) is 7.61. The van der Waals surface area contributed by atoms with Gasteiger partial charge in [-0.2, -0.15) is 22.0 Å². The van der Waals surface area contributed by atoms with Crippen LogP contribution < -0.4 is 10.1 Å². The standard InChI is InChI=1S/C22H21F5N2O4.C15H17N/c1-13-11-29(9-10-30)19(31)16-3-2-4-17(18(16)33-12-13)28-20(32)21(23,24)14-5-7-15(8-6-14)22(25,26)27;1-16(2)12-13-8-10-15(11-9-13)14-6-4-3-5-7-14/h2-8,13,30H,9-12H2,1H3,(H,28,32);3-11H,12H2,1-2H3/t13-;/m1./s1. The fourth-order valence-electron chi connectivity index (χ4n) is 5.18. The number of hydrogen-bond acceptors (Lipinski definition) is 5. The molecule has 0 saturated carbocycles. The number of aliphatic hydroxyl groups excluding tert-OH is 1. The Morgan fingerprint density at radius 2 is 1.49 bits per heavy atom. The van der Waals surface area contributed by atoms with Crippen LogP contribution in [0.5, 0.6) is 5.75 Å². The molecule has 4 aromatic carbocycles. The molecule has 0 radical (unpaired) electrons. The number of halogens is 5. The van der Waals surface area contributed by atoms with E-state index in [0.29, 0.717) is 30.8 Å². The molecule has 2 N–H and O–H groups in total. The van der Waals surface area contributed by atoms with Gasteiger partial charge in [-0.25, -0.2) is 0 Å². The molecule has 0 fully saturated rings. The number of amides is 2. The molecule has 49 heavy (non-hydrogen) atoms. The molecule has 0 saturated heterocycles. The van der Waals surface area contributed by atoms with Crippen molar-refractivity contribution in [1.29, 1.82) is 0 Å². The quantitative estimate of drug-likeness (QED) is 0.191. The summed E-state index contributed by atoms with van der Waals surface area (Å²) in [7, 11) is 4.18. The Bertz CT molecular complexity index is 1700. The maximum Gasteiger partial charge on any atom is 0.416 e. The summed E-state index contributed by atoms with van der Waals surface area (Å²) in [5.74, 6) is -6.71. The van der Waals surface area contributed by atoms with E-state index in [1.807, 2.05) is 11.4 Å². The molecule has 0 bridgehead atoms. The van der Waals surface area contributed by atoms with Crippen LogP contribution in [0.15, 0.2) is 97.1 Å². The minimum absolute atomic E-state index is 0.0194. The third-order valence-electron chi connectivity index (χ3n) is 7.61. The highest BCUT2D eigenvalue weighted by molar-refractivity contribution is 6.03. The molecule has 1 aliphatic rings. The summed E-state index contributed by atoms with van der Waals surface area (Å²) in [4.78, 5) is 28.9. The second kappa shape index (κ2) is 16.1. The molecule has 0 aliphatic carbocycles. The SMILES string of the molecule is CN(C)Cc1ccc(-c2ccccc2)cc1.C[C@H]1COc2c(NC(=O)C(F)(F)c3ccc(C(F)(F)F)cc3)cccc2C(=O)N(CCO)C1. The van der Waals surface area contributed by atoms with Crippen molar-refractivity contribution >= 4 is 17.5 Å². The number of alkyl halides is 5. The molecule has 5 rings (SSSR count). The summed E-state index contributed by atoms with van der Waals surface area (Å²) in [5, 5.41) is 11.3. The Balaban J connectivity index is 0.000000281. The molecular formula is C37H38F5N3O4. The van der Waals surface area contributed by atoms with Crippen LogP contribution in [-0.4, -0.2) is 67.1 Å². The van der Waals surface area contributed by atoms with Crippen LogP contribution in [0.1, 0.15) is 34.0 Å². The molecule has 0 unspecified atom stereocenters. The predicted octanol–water partition coefficient (Wildman–Crippen LogP) is 7.31. The Labute approximate surface area is 281 Å². The van der Waals surface area contributed by atoms with Crippen molar-refractivity contribution in [2.24, 2.45) is 5.92 Å². The van der Waals surface area contributed by atoms with Gasteiger partial charge in [0.25, 0.3) is 11.8 Å². The molecule has 260 valence electrons. The Kier molecular flexibility index (Phi) is 12.1. The van der Waals surface area contributed by atoms with Crippen LogP contribution in [0, 0.1) is 5.92 Å². The number of carbonyl (C=O) groups excluding carboxylic acids is 2. The molecule has 1 aliphatic heterocycles. The van der Waals surface area contributed by atoms with E-state index in [1.165, 1.54) is 39.8 Å². The van der Waals surface area contributed by atoms with Crippen LogP contribution in [0.25, 0.3) is 11.1 Å². The number of benzene rings is 4. The first-order valence-corrected chi connectivity index (χ1v) is 15.5. The zero-order valence-corrected chi connectivity index (χ0v) is 27.3. The number of ether oxygens (including phenoxy) is 1. The van der Waals surface area contributed by atoms with E-state index in [2.05, 4.69) is 67.5 Å². The van der Waals surface area contributed by atoms with Crippen molar-refractivity contribution < 1.29 is 41.4 Å². The predicted molar refractivity (Wildman–Crippen MR) is 177 cm³/mol. The average molecular weight is 684 g/mol. The van der Waals surface area contributed by atoms with Gasteiger partial charge in [0.15, 0.2) is 5.75 Å². The maximum absolute atomic E-state index is 14.7. The van der Waals surface area contributed by atoms with Gasteiger partial charge in [-0.3, -0.25) is 9.59 Å². The van der Waals surface area contributed by atoms with Gasteiger partial charge in [0.05, 0.1) is 30.0 Å². The van der Waals surface area contributed by atoms with Crippen molar-refractivity contribution in [2.45, 2.75) is 25.6 Å². The summed E-state index contributed by atoms with van der Waals surface area (Å²) in [6, 6.07) is 25.3. The largest absolute Gasteiger partial charge is 0.490 e. The number of carbonyl (C=O) groups is 2. The fourth-order valence-corrected chi connectivity index (χ4v) is 5.18. The number of nitrogens with zero attached hydrogens (tertiary/aromatic N) is 2. The lowest BCUT2D eigenvalue weighted by Gasteiger charge is -2.30. The number of para-hydroxylation sites is 1. The van der Waals surface area contributed by atoms with Gasteiger partial charge in [-0.1, -0.05) is 79.7 Å². The van der Waals surface area contributed by atoms with Gasteiger partial charge in [-0.15, -0.1) is 0 Å². The molecular weight excluding hydrogens is 645 g/mol. The van der Waals surface area contributed by atoms with Crippen molar-refractivity contribution in [1.82, 2.24) is 9.80 Å². The first-order valence-electron chi connectivity index (χ1n) is 15.5. The highest BCUT2D eigenvalue weighted by Gasteiger charge is 2.42. The van der Waals surface area contributed by atoms with E-state index < -0.39 is 35.0 Å². The van der Waals surface area contributed by atoms with E-state index in [9.17, 15) is 36.6 Å². The molecule has 1 atom stereocenters. The first kappa shape index (κ1) is 37.0. The van der Waals surface area contributed by atoms with E-state index >= 15 is 0 Å². The van der Waals surface area contributed by atoms with Crippen LogP contribution in [0.3, 0.4) is 0 Å². The Hall–Kier alpha value is -4.81. The van der Waals surface area contributed by atoms with Crippen molar-refractivity contribution in [3.63, 3.8) is 0 Å². The van der Waals surface area contributed by atoms with Gasteiger partial charge >= 0.3 is 12.1 Å². The number of nitrogens with one attached hydrogen (secondary N) is 1. The van der Waals surface area contributed by atoms with E-state index in [1.54, 1.807) is 6.92 Å². The first-order chi connectivity index (χ1) is 23.2. The average Bonchev–Trinajstić information content (AvgIpc) is 3.07. The third kappa shape index (κ3) is 9.64. The monoisotopic (exact) mass is 683 g/mol. The zero-order valence-electron chi connectivity index (χ0n) is 27.3. The number of β-amino-alcohol motifs (C(OH)–C–C–N with tert-alkyl or cyclic N) is 1. The molecule has 1 heterocycles. The minimum atomic E-state index is -4.71. The minimum Gasteiger partial charge on any atom is -0.490 e. The van der Waals surface area contributed by atoms with Crippen molar-refractivity contribution in [3.8, 4) is 16.9 Å². The van der Waals surface area contributed by atoms with Crippen LogP contribution in [-0.2, 0) is 23.4 Å². The van der Waals surface area contributed by atoms with Crippen molar-refractivity contribution in [3.05, 3.63) is 119 Å². The molecule has 7 nitrogen and oxygen atoms in total. The number of aliphatic hydroxyl groups is 1. The van der Waals surface area contributed by atoms with E-state index in [4.69, 9.17) is 4.74 Å². The highest BCUT2D eigenvalue weighted by Crippen LogP contribution is 2.37. The molecule has 0 spiro atoms. The van der Waals surface area contributed by atoms with Crippen LogP contribution in [0.4, 0.5) is 27.6 Å². The van der Waals surface area contributed by atoms with Gasteiger partial charge in [-0.05, 0) is 55.1 Å². The maximum atomic E-state index is 14.7. The number of hydrogen-bond donors (Lipinski definition) is 2. The summed E-state index contributed by atoms with van der Waals surface area (Å²) in [5.41, 5.74) is 1.69. The molecule has 4 aromatic rings. The van der Waals surface area contributed by atoms with Crippen molar-refractivity contribution in [2.75, 3.05) is 45.7 Å². The fraction of sp³-hybridized carbons (Fsp3) is 0.297. The lowest BCUT2D eigenvalue weighted by Crippen LogP contribution is -2.40. The summed E-state index contributed by atoms with van der Waals surface area (Å²) >= 11 is 0. The van der Waals surface area contributed by atoms with Gasteiger partial charge in [0.2, 0.25) is 0 Å². The topological polar surface area (TPSA) is 82.1 Å². The number of fused-ring (bicyclic) bond motifs is 1. The smallest absolute Gasteiger partial charge is 0.416 e.